The third kappa shape index (κ3) is 7.23. The highest BCUT2D eigenvalue weighted by molar-refractivity contribution is 5.89. The summed E-state index contributed by atoms with van der Waals surface area (Å²) in [6, 6.07) is 22.7. The number of carboxylic acid groups (broad SMARTS) is 1. The summed E-state index contributed by atoms with van der Waals surface area (Å²) in [5.74, 6) is -1.98. The first-order chi connectivity index (χ1) is 18.6. The maximum absolute atomic E-state index is 13.2. The molecule has 3 N–H and O–H groups in total. The first kappa shape index (κ1) is 27.9. The van der Waals surface area contributed by atoms with Gasteiger partial charge in [-0.3, -0.25) is 4.79 Å². The Bertz CT molecular complexity index is 1270. The van der Waals surface area contributed by atoms with Crippen LogP contribution in [0.1, 0.15) is 43.4 Å². The quantitative estimate of drug-likeness (QED) is 0.355. The molecule has 8 heteroatoms. The molecule has 204 valence electrons. The van der Waals surface area contributed by atoms with Crippen LogP contribution in [0.15, 0.2) is 78.9 Å². The van der Waals surface area contributed by atoms with Gasteiger partial charge in [0.2, 0.25) is 5.91 Å². The van der Waals surface area contributed by atoms with Crippen molar-refractivity contribution in [3.63, 3.8) is 0 Å². The van der Waals surface area contributed by atoms with Gasteiger partial charge in [-0.25, -0.2) is 9.59 Å². The van der Waals surface area contributed by atoms with Gasteiger partial charge in [0.1, 0.15) is 18.7 Å². The van der Waals surface area contributed by atoms with E-state index in [0.29, 0.717) is 0 Å². The number of carbonyl (C=O) groups is 3. The monoisotopic (exact) mass is 530 g/mol. The van der Waals surface area contributed by atoms with E-state index in [4.69, 9.17) is 9.47 Å². The number of rotatable bonds is 10. The van der Waals surface area contributed by atoms with Crippen molar-refractivity contribution in [3.05, 3.63) is 95.6 Å². The first-order valence-electron chi connectivity index (χ1n) is 12.9. The number of fused-ring (bicyclic) bond motifs is 3. The van der Waals surface area contributed by atoms with E-state index in [1.807, 2.05) is 75.4 Å². The molecule has 8 nitrogen and oxygen atoms in total. The second-order valence-corrected chi connectivity index (χ2v) is 10.5. The van der Waals surface area contributed by atoms with Crippen LogP contribution in [0.3, 0.4) is 0 Å². The van der Waals surface area contributed by atoms with Crippen molar-refractivity contribution in [2.45, 2.75) is 50.8 Å². The van der Waals surface area contributed by atoms with Crippen molar-refractivity contribution in [2.24, 2.45) is 0 Å². The van der Waals surface area contributed by atoms with Crippen molar-refractivity contribution in [3.8, 4) is 11.1 Å². The fraction of sp³-hybridized carbons (Fsp3) is 0.323. The predicted octanol–water partition coefficient (Wildman–Crippen LogP) is 4.52. The molecule has 0 fully saturated rings. The third-order valence-electron chi connectivity index (χ3n) is 6.53. The highest BCUT2D eigenvalue weighted by Crippen LogP contribution is 2.44. The van der Waals surface area contributed by atoms with Crippen molar-refractivity contribution in [2.75, 3.05) is 13.2 Å². The lowest BCUT2D eigenvalue weighted by Crippen LogP contribution is -2.54. The minimum Gasteiger partial charge on any atom is -0.480 e. The summed E-state index contributed by atoms with van der Waals surface area (Å²) >= 11 is 0. The molecular weight excluding hydrogens is 496 g/mol. The molecule has 1 aliphatic rings. The summed E-state index contributed by atoms with van der Waals surface area (Å²) in [7, 11) is 0. The molecule has 0 aromatic heterocycles. The largest absolute Gasteiger partial charge is 0.480 e. The average Bonchev–Trinajstić information content (AvgIpc) is 3.23. The normalized spacial score (nSPS) is 14.0. The van der Waals surface area contributed by atoms with Crippen LogP contribution in [0.4, 0.5) is 4.79 Å². The number of benzene rings is 3. The number of hydrogen-bond acceptors (Lipinski definition) is 5. The molecular formula is C31H34N2O6. The Kier molecular flexibility index (Phi) is 8.66. The van der Waals surface area contributed by atoms with E-state index >= 15 is 0 Å². The molecule has 1 aliphatic carbocycles. The van der Waals surface area contributed by atoms with Gasteiger partial charge in [-0.15, -0.1) is 0 Å². The lowest BCUT2D eigenvalue weighted by atomic mass is 9.98. The fourth-order valence-corrected chi connectivity index (χ4v) is 4.62. The number of hydrogen-bond donors (Lipinski definition) is 3. The van der Waals surface area contributed by atoms with E-state index in [0.717, 1.165) is 27.8 Å². The van der Waals surface area contributed by atoms with Crippen LogP contribution in [0.2, 0.25) is 0 Å². The Labute approximate surface area is 228 Å². The number of ether oxygens (including phenoxy) is 2. The third-order valence-corrected chi connectivity index (χ3v) is 6.53. The topological polar surface area (TPSA) is 114 Å². The maximum Gasteiger partial charge on any atom is 0.407 e. The van der Waals surface area contributed by atoms with Crippen molar-refractivity contribution in [1.29, 1.82) is 0 Å². The second-order valence-electron chi connectivity index (χ2n) is 10.5. The molecule has 0 unspecified atom stereocenters. The van der Waals surface area contributed by atoms with Crippen LogP contribution in [-0.4, -0.2) is 54.0 Å². The second kappa shape index (κ2) is 12.1. The van der Waals surface area contributed by atoms with Gasteiger partial charge in [-0.2, -0.15) is 0 Å². The van der Waals surface area contributed by atoms with Gasteiger partial charge >= 0.3 is 12.1 Å². The van der Waals surface area contributed by atoms with Crippen molar-refractivity contribution >= 4 is 18.0 Å². The Morgan fingerprint density at radius 2 is 1.38 bits per heavy atom. The molecule has 3 aromatic rings. The molecule has 0 spiro atoms. The van der Waals surface area contributed by atoms with Crippen LogP contribution < -0.4 is 10.6 Å². The van der Waals surface area contributed by atoms with E-state index in [1.165, 1.54) is 0 Å². The van der Waals surface area contributed by atoms with E-state index < -0.39 is 35.7 Å². The minimum absolute atomic E-state index is 0.0834. The van der Waals surface area contributed by atoms with Gasteiger partial charge in [0, 0.05) is 12.3 Å². The molecule has 0 heterocycles. The van der Waals surface area contributed by atoms with E-state index in [9.17, 15) is 19.5 Å². The number of alkyl carbamates (subject to hydrolysis) is 1. The van der Waals surface area contributed by atoms with Gasteiger partial charge in [-0.1, -0.05) is 78.9 Å². The van der Waals surface area contributed by atoms with Gasteiger partial charge in [0.15, 0.2) is 0 Å². The fourth-order valence-electron chi connectivity index (χ4n) is 4.62. The average molecular weight is 531 g/mol. The Morgan fingerprint density at radius 1 is 0.821 bits per heavy atom. The molecule has 0 bridgehead atoms. The van der Waals surface area contributed by atoms with Crippen LogP contribution in [0.25, 0.3) is 11.1 Å². The Balaban J connectivity index is 1.43. The summed E-state index contributed by atoms with van der Waals surface area (Å²) in [5, 5.41) is 14.8. The number of carbonyl (C=O) groups excluding carboxylic acids is 2. The van der Waals surface area contributed by atoms with Crippen LogP contribution >= 0.6 is 0 Å². The van der Waals surface area contributed by atoms with E-state index in [-0.39, 0.29) is 25.6 Å². The van der Waals surface area contributed by atoms with Gasteiger partial charge in [0.05, 0.1) is 12.2 Å². The number of nitrogens with one attached hydrogen (secondary N) is 2. The highest BCUT2D eigenvalue weighted by atomic mass is 16.5. The zero-order chi connectivity index (χ0) is 28.0. The molecule has 39 heavy (non-hydrogen) atoms. The summed E-state index contributed by atoms with van der Waals surface area (Å²) < 4.78 is 11.4. The van der Waals surface area contributed by atoms with Crippen molar-refractivity contribution in [1.82, 2.24) is 10.6 Å². The van der Waals surface area contributed by atoms with Crippen LogP contribution in [0.5, 0.6) is 0 Å². The maximum atomic E-state index is 13.2. The highest BCUT2D eigenvalue weighted by Gasteiger charge is 2.31. The van der Waals surface area contributed by atoms with Crippen LogP contribution in [0, 0.1) is 0 Å². The lowest BCUT2D eigenvalue weighted by Gasteiger charge is -2.26. The zero-order valence-corrected chi connectivity index (χ0v) is 22.3. The standard InChI is InChI=1S/C31H34N2O6/c1-31(2,3)39-19-27(28(34)32-26(29(35)36)17-20-11-5-4-6-12-20)33-30(37)38-18-25-23-15-9-7-13-21(23)22-14-8-10-16-24(22)25/h4-16,25-27H,17-19H2,1-3H3,(H,32,34)(H,33,37)(H,35,36)/t26-,27-/m0/s1. The molecule has 0 saturated carbocycles. The molecule has 3 aromatic carbocycles. The zero-order valence-electron chi connectivity index (χ0n) is 22.3. The molecule has 0 saturated heterocycles. The Morgan fingerprint density at radius 3 is 1.95 bits per heavy atom. The summed E-state index contributed by atoms with van der Waals surface area (Å²) in [4.78, 5) is 37.9. The summed E-state index contributed by atoms with van der Waals surface area (Å²) in [6.07, 6.45) is -0.691. The number of aliphatic carboxylic acids is 1. The van der Waals surface area contributed by atoms with E-state index in [2.05, 4.69) is 10.6 Å². The molecule has 0 radical (unpaired) electrons. The van der Waals surface area contributed by atoms with Crippen LogP contribution in [-0.2, 0) is 25.5 Å². The van der Waals surface area contributed by atoms with Gasteiger partial charge < -0.3 is 25.2 Å². The molecule has 4 rings (SSSR count). The van der Waals surface area contributed by atoms with E-state index in [1.54, 1.807) is 24.3 Å². The number of carboxylic acids is 1. The predicted molar refractivity (Wildman–Crippen MR) is 147 cm³/mol. The number of amides is 2. The van der Waals surface area contributed by atoms with Gasteiger partial charge in [0.25, 0.3) is 0 Å². The van der Waals surface area contributed by atoms with Gasteiger partial charge in [-0.05, 0) is 48.6 Å². The molecule has 2 amide bonds. The summed E-state index contributed by atoms with van der Waals surface area (Å²) in [6.45, 7) is 5.40. The smallest absolute Gasteiger partial charge is 0.407 e. The molecule has 0 aliphatic heterocycles. The van der Waals surface area contributed by atoms with Crippen molar-refractivity contribution < 1.29 is 29.0 Å². The summed E-state index contributed by atoms with van der Waals surface area (Å²) in [5.41, 5.74) is 4.53. The minimum atomic E-state index is -1.18. The first-order valence-corrected chi connectivity index (χ1v) is 12.9. The Hall–Kier alpha value is -4.17. The SMILES string of the molecule is CC(C)(C)OC[C@H](NC(=O)OCC1c2ccccc2-c2ccccc21)C(=O)N[C@@H](Cc1ccccc1)C(=O)O. The molecule has 2 atom stereocenters. The lowest BCUT2D eigenvalue weighted by molar-refractivity contribution is -0.142.